The van der Waals surface area contributed by atoms with Gasteiger partial charge in [0.15, 0.2) is 0 Å². The predicted molar refractivity (Wildman–Crippen MR) is 85.9 cm³/mol. The molecule has 1 atom stereocenters. The summed E-state index contributed by atoms with van der Waals surface area (Å²) < 4.78 is 0.955. The van der Waals surface area contributed by atoms with Crippen molar-refractivity contribution in [2.24, 2.45) is 0 Å². The van der Waals surface area contributed by atoms with Crippen LogP contribution in [0.25, 0.3) is 0 Å². The first-order valence-corrected chi connectivity index (χ1v) is 7.26. The molecule has 0 radical (unpaired) electrons. The second-order valence-corrected chi connectivity index (χ2v) is 5.74. The Morgan fingerprint density at radius 3 is 2.65 bits per heavy atom. The van der Waals surface area contributed by atoms with Crippen LogP contribution < -0.4 is 11.1 Å². The van der Waals surface area contributed by atoms with Crippen LogP contribution in [0.3, 0.4) is 0 Å². The van der Waals surface area contributed by atoms with E-state index >= 15 is 0 Å². The number of nitrogens with two attached hydrogens (primary N) is 1. The molecule has 0 saturated heterocycles. The molecule has 2 aromatic carbocycles. The first-order valence-electron chi connectivity index (χ1n) is 6.09. The van der Waals surface area contributed by atoms with Crippen molar-refractivity contribution in [1.29, 1.82) is 0 Å². The molecule has 0 aliphatic heterocycles. The van der Waals surface area contributed by atoms with Gasteiger partial charge >= 0.3 is 0 Å². The summed E-state index contributed by atoms with van der Waals surface area (Å²) in [5, 5.41) is 3.43. The molecule has 104 valence electrons. The number of hydrogen-bond donors (Lipinski definition) is 2. The summed E-state index contributed by atoms with van der Waals surface area (Å²) in [4.78, 5) is 12.2. The van der Waals surface area contributed by atoms with Gasteiger partial charge in [-0.25, -0.2) is 0 Å². The molecule has 2 rings (SSSR count). The number of carbonyl (C=O) groups excluding carboxylic acids is 1. The summed E-state index contributed by atoms with van der Waals surface area (Å²) in [6.45, 7) is 1.92. The van der Waals surface area contributed by atoms with Gasteiger partial charge in [0, 0.05) is 15.2 Å². The number of carbonyl (C=O) groups is 1. The molecule has 0 bridgehead atoms. The largest absolute Gasteiger partial charge is 0.398 e. The van der Waals surface area contributed by atoms with Crippen molar-refractivity contribution in [3.63, 3.8) is 0 Å². The van der Waals surface area contributed by atoms with E-state index in [1.807, 2.05) is 31.2 Å². The van der Waals surface area contributed by atoms with Crippen LogP contribution in [0.1, 0.15) is 28.9 Å². The SMILES string of the molecule is C[C@@H](NC(=O)c1ccc(Cl)cc1N)c1ccccc1Br. The fraction of sp³-hybridized carbons (Fsp3) is 0.133. The van der Waals surface area contributed by atoms with Crippen molar-refractivity contribution in [2.45, 2.75) is 13.0 Å². The Morgan fingerprint density at radius 1 is 1.30 bits per heavy atom. The van der Waals surface area contributed by atoms with Gasteiger partial charge in [-0.3, -0.25) is 4.79 Å². The van der Waals surface area contributed by atoms with E-state index < -0.39 is 0 Å². The third-order valence-electron chi connectivity index (χ3n) is 2.98. The Hall–Kier alpha value is -1.52. The lowest BCUT2D eigenvalue weighted by Gasteiger charge is -2.16. The molecule has 0 unspecified atom stereocenters. The van der Waals surface area contributed by atoms with Crippen molar-refractivity contribution in [1.82, 2.24) is 5.32 Å². The number of rotatable bonds is 3. The normalized spacial score (nSPS) is 11.9. The maximum atomic E-state index is 12.2. The molecule has 0 saturated carbocycles. The minimum Gasteiger partial charge on any atom is -0.398 e. The van der Waals surface area contributed by atoms with Crippen molar-refractivity contribution in [3.05, 3.63) is 63.1 Å². The lowest BCUT2D eigenvalue weighted by atomic mass is 10.1. The van der Waals surface area contributed by atoms with Gasteiger partial charge in [-0.2, -0.15) is 0 Å². The van der Waals surface area contributed by atoms with Gasteiger partial charge in [0.05, 0.1) is 11.6 Å². The van der Waals surface area contributed by atoms with E-state index in [2.05, 4.69) is 21.2 Å². The van der Waals surface area contributed by atoms with E-state index in [-0.39, 0.29) is 11.9 Å². The quantitative estimate of drug-likeness (QED) is 0.813. The minimum absolute atomic E-state index is 0.131. The maximum Gasteiger partial charge on any atom is 0.253 e. The Bertz CT molecular complexity index is 646. The topological polar surface area (TPSA) is 55.1 Å². The van der Waals surface area contributed by atoms with Gasteiger partial charge in [-0.1, -0.05) is 45.7 Å². The van der Waals surface area contributed by atoms with Crippen LogP contribution in [-0.2, 0) is 0 Å². The van der Waals surface area contributed by atoms with Gasteiger partial charge in [0.2, 0.25) is 0 Å². The van der Waals surface area contributed by atoms with Crippen LogP contribution in [0.5, 0.6) is 0 Å². The average molecular weight is 354 g/mol. The third-order valence-corrected chi connectivity index (χ3v) is 3.93. The number of nitrogen functional groups attached to an aromatic ring is 1. The lowest BCUT2D eigenvalue weighted by molar-refractivity contribution is 0.0940. The predicted octanol–water partition coefficient (Wildman–Crippen LogP) is 4.18. The molecule has 5 heteroatoms. The molecule has 0 heterocycles. The van der Waals surface area contributed by atoms with Crippen LogP contribution in [0.15, 0.2) is 46.9 Å². The standard InChI is InChI=1S/C15H14BrClN2O/c1-9(11-4-2-3-5-13(11)16)19-15(20)12-7-6-10(17)8-14(12)18/h2-9H,18H2,1H3,(H,19,20)/t9-/m1/s1. The highest BCUT2D eigenvalue weighted by Crippen LogP contribution is 2.24. The average Bonchev–Trinajstić information content (AvgIpc) is 2.38. The fourth-order valence-corrected chi connectivity index (χ4v) is 2.73. The number of amides is 1. The zero-order valence-corrected chi connectivity index (χ0v) is 13.2. The van der Waals surface area contributed by atoms with Crippen LogP contribution in [0.2, 0.25) is 5.02 Å². The molecule has 1 amide bonds. The molecule has 2 aromatic rings. The van der Waals surface area contributed by atoms with Crippen LogP contribution in [0, 0.1) is 0 Å². The zero-order valence-electron chi connectivity index (χ0n) is 10.9. The second kappa shape index (κ2) is 6.29. The van der Waals surface area contributed by atoms with Gasteiger partial charge in [-0.05, 0) is 36.8 Å². The molecule has 0 fully saturated rings. The molecule has 0 aliphatic carbocycles. The number of hydrogen-bond acceptors (Lipinski definition) is 2. The monoisotopic (exact) mass is 352 g/mol. The van der Waals surface area contributed by atoms with Crippen molar-refractivity contribution >= 4 is 39.1 Å². The Balaban J connectivity index is 2.17. The highest BCUT2D eigenvalue weighted by atomic mass is 79.9. The highest BCUT2D eigenvalue weighted by molar-refractivity contribution is 9.10. The third kappa shape index (κ3) is 3.32. The first kappa shape index (κ1) is 14.9. The Kier molecular flexibility index (Phi) is 4.68. The Morgan fingerprint density at radius 2 is 2.00 bits per heavy atom. The van der Waals surface area contributed by atoms with Gasteiger partial charge in [0.1, 0.15) is 0 Å². The van der Waals surface area contributed by atoms with E-state index in [0.29, 0.717) is 16.3 Å². The Labute approximate surface area is 131 Å². The van der Waals surface area contributed by atoms with Gasteiger partial charge in [-0.15, -0.1) is 0 Å². The smallest absolute Gasteiger partial charge is 0.253 e. The van der Waals surface area contributed by atoms with Crippen LogP contribution in [-0.4, -0.2) is 5.91 Å². The van der Waals surface area contributed by atoms with Crippen LogP contribution in [0.4, 0.5) is 5.69 Å². The van der Waals surface area contributed by atoms with E-state index in [9.17, 15) is 4.79 Å². The summed E-state index contributed by atoms with van der Waals surface area (Å²) in [5.41, 5.74) is 7.61. The van der Waals surface area contributed by atoms with Crippen LogP contribution >= 0.6 is 27.5 Å². The molecule has 3 nitrogen and oxygen atoms in total. The minimum atomic E-state index is -0.220. The summed E-state index contributed by atoms with van der Waals surface area (Å²) in [6.07, 6.45) is 0. The summed E-state index contributed by atoms with van der Waals surface area (Å²) in [6, 6.07) is 12.5. The van der Waals surface area contributed by atoms with Gasteiger partial charge in [0.25, 0.3) is 5.91 Å². The van der Waals surface area contributed by atoms with E-state index in [1.165, 1.54) is 0 Å². The van der Waals surface area contributed by atoms with E-state index in [0.717, 1.165) is 10.0 Å². The van der Waals surface area contributed by atoms with Gasteiger partial charge < -0.3 is 11.1 Å². The zero-order chi connectivity index (χ0) is 14.7. The lowest BCUT2D eigenvalue weighted by Crippen LogP contribution is -2.27. The molecule has 3 N–H and O–H groups in total. The molecule has 0 aromatic heterocycles. The number of anilines is 1. The molecular weight excluding hydrogens is 340 g/mol. The first-order chi connectivity index (χ1) is 9.49. The van der Waals surface area contributed by atoms with E-state index in [1.54, 1.807) is 18.2 Å². The summed E-state index contributed by atoms with van der Waals surface area (Å²) >= 11 is 9.30. The number of nitrogens with one attached hydrogen (secondary N) is 1. The molecule has 20 heavy (non-hydrogen) atoms. The fourth-order valence-electron chi connectivity index (χ4n) is 1.92. The van der Waals surface area contributed by atoms with Crippen molar-refractivity contribution < 1.29 is 4.79 Å². The number of halogens is 2. The van der Waals surface area contributed by atoms with E-state index in [4.69, 9.17) is 17.3 Å². The highest BCUT2D eigenvalue weighted by Gasteiger charge is 2.15. The summed E-state index contributed by atoms with van der Waals surface area (Å²) in [5.74, 6) is -0.220. The molecule has 0 spiro atoms. The molecular formula is C15H14BrClN2O. The van der Waals surface area contributed by atoms with Crippen molar-refractivity contribution in [2.75, 3.05) is 5.73 Å². The maximum absolute atomic E-state index is 12.2. The summed E-state index contributed by atoms with van der Waals surface area (Å²) in [7, 11) is 0. The van der Waals surface area contributed by atoms with Crippen molar-refractivity contribution in [3.8, 4) is 0 Å². The second-order valence-electron chi connectivity index (χ2n) is 4.45. The molecule has 0 aliphatic rings. The number of benzene rings is 2.